The number of halogens is 2. The van der Waals surface area contributed by atoms with Gasteiger partial charge >= 0.3 is 0 Å². The SMILES string of the molecule is CCN(CCNC(C)C)Cc1cc(Cl)ccc1F. The molecule has 18 heavy (non-hydrogen) atoms. The fourth-order valence-corrected chi connectivity index (χ4v) is 1.96. The Morgan fingerprint density at radius 2 is 2.11 bits per heavy atom. The second-order valence-electron chi connectivity index (χ2n) is 4.71. The molecule has 0 saturated carbocycles. The van der Waals surface area contributed by atoms with Gasteiger partial charge in [0, 0.05) is 36.3 Å². The van der Waals surface area contributed by atoms with E-state index in [2.05, 4.69) is 31.0 Å². The van der Waals surface area contributed by atoms with Crippen molar-refractivity contribution in [1.82, 2.24) is 10.2 Å². The molecule has 1 aromatic carbocycles. The van der Waals surface area contributed by atoms with Gasteiger partial charge in [0.2, 0.25) is 0 Å². The molecule has 0 aliphatic carbocycles. The first-order chi connectivity index (χ1) is 8.52. The van der Waals surface area contributed by atoms with Crippen LogP contribution in [0.5, 0.6) is 0 Å². The Morgan fingerprint density at radius 1 is 1.39 bits per heavy atom. The van der Waals surface area contributed by atoms with Crippen LogP contribution in [0.1, 0.15) is 26.3 Å². The molecule has 0 heterocycles. The standard InChI is InChI=1S/C14H22ClFN2/c1-4-18(8-7-17-11(2)3)10-12-9-13(15)5-6-14(12)16/h5-6,9,11,17H,4,7-8,10H2,1-3H3. The van der Waals surface area contributed by atoms with Gasteiger partial charge < -0.3 is 5.32 Å². The van der Waals surface area contributed by atoms with Gasteiger partial charge in [-0.15, -0.1) is 0 Å². The number of likely N-dealkylation sites (N-methyl/N-ethyl adjacent to an activating group) is 1. The number of nitrogens with zero attached hydrogens (tertiary/aromatic N) is 1. The third kappa shape index (κ3) is 5.34. The molecule has 4 heteroatoms. The molecule has 0 aliphatic rings. The van der Waals surface area contributed by atoms with Crippen LogP contribution in [0.2, 0.25) is 5.02 Å². The zero-order valence-electron chi connectivity index (χ0n) is 11.3. The van der Waals surface area contributed by atoms with Crippen LogP contribution < -0.4 is 5.32 Å². The van der Waals surface area contributed by atoms with Crippen molar-refractivity contribution in [2.45, 2.75) is 33.4 Å². The normalized spacial score (nSPS) is 11.5. The highest BCUT2D eigenvalue weighted by Crippen LogP contribution is 2.16. The summed E-state index contributed by atoms with van der Waals surface area (Å²) >= 11 is 5.89. The molecule has 0 unspecified atom stereocenters. The van der Waals surface area contributed by atoms with E-state index in [9.17, 15) is 4.39 Å². The molecule has 0 bridgehead atoms. The maximum atomic E-state index is 13.6. The zero-order valence-corrected chi connectivity index (χ0v) is 12.1. The largest absolute Gasteiger partial charge is 0.313 e. The molecule has 0 atom stereocenters. The van der Waals surface area contributed by atoms with Crippen molar-refractivity contribution < 1.29 is 4.39 Å². The quantitative estimate of drug-likeness (QED) is 0.819. The summed E-state index contributed by atoms with van der Waals surface area (Å²) in [4.78, 5) is 2.20. The minimum Gasteiger partial charge on any atom is -0.313 e. The molecule has 1 aromatic rings. The average molecular weight is 273 g/mol. The summed E-state index contributed by atoms with van der Waals surface area (Å²) in [5, 5.41) is 3.95. The van der Waals surface area contributed by atoms with E-state index in [1.54, 1.807) is 12.1 Å². The van der Waals surface area contributed by atoms with E-state index in [0.29, 0.717) is 23.2 Å². The predicted molar refractivity (Wildman–Crippen MR) is 75.5 cm³/mol. The third-order valence-electron chi connectivity index (χ3n) is 2.83. The molecule has 0 saturated heterocycles. The molecule has 1 rings (SSSR count). The number of hydrogen-bond donors (Lipinski definition) is 1. The molecule has 2 nitrogen and oxygen atoms in total. The van der Waals surface area contributed by atoms with Crippen LogP contribution in [-0.4, -0.2) is 30.6 Å². The lowest BCUT2D eigenvalue weighted by molar-refractivity contribution is 0.272. The average Bonchev–Trinajstić information content (AvgIpc) is 2.32. The summed E-state index contributed by atoms with van der Waals surface area (Å²) in [6.45, 7) is 9.63. The molecular weight excluding hydrogens is 251 g/mol. The lowest BCUT2D eigenvalue weighted by Crippen LogP contribution is -2.34. The van der Waals surface area contributed by atoms with Crippen molar-refractivity contribution in [1.29, 1.82) is 0 Å². The summed E-state index contributed by atoms with van der Waals surface area (Å²) in [6, 6.07) is 5.19. The third-order valence-corrected chi connectivity index (χ3v) is 3.06. The van der Waals surface area contributed by atoms with E-state index in [1.165, 1.54) is 6.07 Å². The van der Waals surface area contributed by atoms with Crippen LogP contribution in [0.15, 0.2) is 18.2 Å². The molecule has 102 valence electrons. The van der Waals surface area contributed by atoms with Gasteiger partial charge in [-0.25, -0.2) is 4.39 Å². The van der Waals surface area contributed by atoms with Crippen LogP contribution in [-0.2, 0) is 6.54 Å². The lowest BCUT2D eigenvalue weighted by atomic mass is 10.2. The highest BCUT2D eigenvalue weighted by atomic mass is 35.5. The molecule has 1 N–H and O–H groups in total. The summed E-state index contributed by atoms with van der Waals surface area (Å²) in [7, 11) is 0. The van der Waals surface area contributed by atoms with Crippen LogP contribution in [0, 0.1) is 5.82 Å². The summed E-state index contributed by atoms with van der Waals surface area (Å²) in [5.74, 6) is -0.185. The number of hydrogen-bond acceptors (Lipinski definition) is 2. The Balaban J connectivity index is 2.54. The second kappa shape index (κ2) is 7.72. The van der Waals surface area contributed by atoms with Gasteiger partial charge in [0.15, 0.2) is 0 Å². The highest BCUT2D eigenvalue weighted by Gasteiger charge is 2.08. The van der Waals surface area contributed by atoms with Crippen molar-refractivity contribution >= 4 is 11.6 Å². The van der Waals surface area contributed by atoms with Gasteiger partial charge in [0.1, 0.15) is 5.82 Å². The predicted octanol–water partition coefficient (Wildman–Crippen LogP) is 3.30. The van der Waals surface area contributed by atoms with E-state index >= 15 is 0 Å². The first-order valence-electron chi connectivity index (χ1n) is 6.42. The minimum atomic E-state index is -0.185. The fraction of sp³-hybridized carbons (Fsp3) is 0.571. The lowest BCUT2D eigenvalue weighted by Gasteiger charge is -2.21. The van der Waals surface area contributed by atoms with E-state index in [4.69, 9.17) is 11.6 Å². The van der Waals surface area contributed by atoms with E-state index < -0.39 is 0 Å². The van der Waals surface area contributed by atoms with Gasteiger partial charge in [-0.2, -0.15) is 0 Å². The molecule has 0 fully saturated rings. The van der Waals surface area contributed by atoms with Crippen molar-refractivity contribution in [2.75, 3.05) is 19.6 Å². The summed E-state index contributed by atoms with van der Waals surface area (Å²) < 4.78 is 13.6. The Bertz CT molecular complexity index is 369. The maximum absolute atomic E-state index is 13.6. The van der Waals surface area contributed by atoms with Crippen LogP contribution in [0.4, 0.5) is 4.39 Å². The minimum absolute atomic E-state index is 0.185. The maximum Gasteiger partial charge on any atom is 0.127 e. The highest BCUT2D eigenvalue weighted by molar-refractivity contribution is 6.30. The molecule has 0 radical (unpaired) electrons. The van der Waals surface area contributed by atoms with Gasteiger partial charge in [-0.05, 0) is 24.7 Å². The first kappa shape index (κ1) is 15.4. The number of nitrogens with one attached hydrogen (secondary N) is 1. The van der Waals surface area contributed by atoms with Gasteiger partial charge in [0.05, 0.1) is 0 Å². The molecule has 0 amide bonds. The first-order valence-corrected chi connectivity index (χ1v) is 6.80. The Hall–Kier alpha value is -0.640. The smallest absolute Gasteiger partial charge is 0.127 e. The van der Waals surface area contributed by atoms with Crippen molar-refractivity contribution in [3.05, 3.63) is 34.6 Å². The zero-order chi connectivity index (χ0) is 13.5. The van der Waals surface area contributed by atoms with Crippen molar-refractivity contribution in [3.63, 3.8) is 0 Å². The number of rotatable bonds is 7. The molecule has 0 aromatic heterocycles. The Labute approximate surface area is 114 Å². The van der Waals surface area contributed by atoms with Crippen LogP contribution in [0.3, 0.4) is 0 Å². The topological polar surface area (TPSA) is 15.3 Å². The van der Waals surface area contributed by atoms with Gasteiger partial charge in [0.25, 0.3) is 0 Å². The van der Waals surface area contributed by atoms with Crippen molar-refractivity contribution in [3.8, 4) is 0 Å². The van der Waals surface area contributed by atoms with Crippen LogP contribution >= 0.6 is 11.6 Å². The molecule has 0 aliphatic heterocycles. The van der Waals surface area contributed by atoms with E-state index in [0.717, 1.165) is 19.6 Å². The van der Waals surface area contributed by atoms with E-state index in [1.807, 2.05) is 0 Å². The summed E-state index contributed by atoms with van der Waals surface area (Å²) in [6.07, 6.45) is 0. The molecule has 0 spiro atoms. The Morgan fingerprint density at radius 3 is 2.72 bits per heavy atom. The Kier molecular flexibility index (Phi) is 6.61. The van der Waals surface area contributed by atoms with Crippen molar-refractivity contribution in [2.24, 2.45) is 0 Å². The second-order valence-corrected chi connectivity index (χ2v) is 5.15. The summed E-state index contributed by atoms with van der Waals surface area (Å²) in [5.41, 5.74) is 0.661. The van der Waals surface area contributed by atoms with Gasteiger partial charge in [-0.1, -0.05) is 32.4 Å². The monoisotopic (exact) mass is 272 g/mol. The van der Waals surface area contributed by atoms with Gasteiger partial charge in [-0.3, -0.25) is 4.90 Å². The fourth-order valence-electron chi connectivity index (χ4n) is 1.77. The number of benzene rings is 1. The van der Waals surface area contributed by atoms with Crippen LogP contribution in [0.25, 0.3) is 0 Å². The molecular formula is C14H22ClFN2. The van der Waals surface area contributed by atoms with E-state index in [-0.39, 0.29) is 5.82 Å².